The molecule has 1 aliphatic heterocycles. The molecule has 0 radical (unpaired) electrons. The Morgan fingerprint density at radius 2 is 2.21 bits per heavy atom. The zero-order valence-corrected chi connectivity index (χ0v) is 8.92. The third-order valence-electron chi connectivity index (χ3n) is 2.75. The van der Waals surface area contributed by atoms with Crippen LogP contribution in [0.3, 0.4) is 0 Å². The van der Waals surface area contributed by atoms with E-state index in [4.69, 9.17) is 4.84 Å². The molecule has 0 saturated heterocycles. The van der Waals surface area contributed by atoms with Gasteiger partial charge in [0.2, 0.25) is 0 Å². The number of nitrogens with one attached hydrogen (secondary N) is 1. The van der Waals surface area contributed by atoms with Crippen LogP contribution in [0.15, 0.2) is 18.2 Å². The highest BCUT2D eigenvalue weighted by atomic mass is 16.6. The summed E-state index contributed by atoms with van der Waals surface area (Å²) in [4.78, 5) is 4.99. The van der Waals surface area contributed by atoms with E-state index in [9.17, 15) is 0 Å². The molecule has 2 rings (SSSR count). The number of hydrogen-bond donors (Lipinski definition) is 2. The maximum absolute atomic E-state index is 4.99. The molecule has 3 nitrogen and oxygen atoms in total. The van der Waals surface area contributed by atoms with Crippen LogP contribution in [0.25, 0.3) is 0 Å². The van der Waals surface area contributed by atoms with E-state index in [0.29, 0.717) is 0 Å². The molecule has 0 atom stereocenters. The molecule has 14 heavy (non-hydrogen) atoms. The number of benzene rings is 1. The Bertz CT molecular complexity index is 347. The Balaban J connectivity index is 2.34. The Morgan fingerprint density at radius 3 is 2.93 bits per heavy atom. The smallest absolute Gasteiger partial charge is 0.164 e. The predicted molar refractivity (Wildman–Crippen MR) is 56.6 cm³/mol. The van der Waals surface area contributed by atoms with Gasteiger partial charge in [0, 0.05) is 29.8 Å². The molecular formula is C11H17N2O+. The summed E-state index contributed by atoms with van der Waals surface area (Å²) >= 11 is 0. The molecule has 1 aromatic rings. The van der Waals surface area contributed by atoms with E-state index in [2.05, 4.69) is 37.4 Å². The molecule has 3 N–H and O–H groups in total. The summed E-state index contributed by atoms with van der Waals surface area (Å²) < 4.78 is 0. The fraction of sp³-hybridized carbons (Fsp3) is 0.455. The van der Waals surface area contributed by atoms with Gasteiger partial charge in [-0.2, -0.15) is 5.48 Å². The molecule has 76 valence electrons. The minimum atomic E-state index is 0.251. The van der Waals surface area contributed by atoms with Crippen LogP contribution in [0.1, 0.15) is 19.4 Å². The van der Waals surface area contributed by atoms with Gasteiger partial charge in [-0.15, -0.1) is 0 Å². The zero-order valence-electron chi connectivity index (χ0n) is 8.92. The fourth-order valence-electron chi connectivity index (χ4n) is 1.92. The van der Waals surface area contributed by atoms with Gasteiger partial charge < -0.3 is 5.32 Å². The van der Waals surface area contributed by atoms with Crippen molar-refractivity contribution in [2.75, 3.05) is 19.0 Å². The highest BCUT2D eigenvalue weighted by molar-refractivity contribution is 5.63. The summed E-state index contributed by atoms with van der Waals surface area (Å²) in [5, 5.41) is 3.41. The van der Waals surface area contributed by atoms with Crippen molar-refractivity contribution in [1.29, 1.82) is 0 Å². The monoisotopic (exact) mass is 193 g/mol. The number of fused-ring (bicyclic) bond motifs is 1. The molecule has 1 heterocycles. The maximum atomic E-state index is 4.99. The molecule has 0 amide bonds. The van der Waals surface area contributed by atoms with E-state index >= 15 is 0 Å². The zero-order chi connectivity index (χ0) is 10.2. The van der Waals surface area contributed by atoms with Crippen LogP contribution in [0, 0.1) is 0 Å². The minimum Gasteiger partial charge on any atom is -0.384 e. The lowest BCUT2D eigenvalue weighted by Crippen LogP contribution is -2.75. The van der Waals surface area contributed by atoms with E-state index in [1.54, 1.807) is 12.6 Å². The average molecular weight is 193 g/mol. The lowest BCUT2D eigenvalue weighted by molar-refractivity contribution is -0.830. The maximum Gasteiger partial charge on any atom is 0.164 e. The van der Waals surface area contributed by atoms with Gasteiger partial charge in [0.15, 0.2) is 5.69 Å². The van der Waals surface area contributed by atoms with Crippen LogP contribution in [0.2, 0.25) is 0 Å². The van der Waals surface area contributed by atoms with E-state index in [1.807, 2.05) is 0 Å². The Morgan fingerprint density at radius 1 is 1.43 bits per heavy atom. The number of quaternary nitrogens is 1. The summed E-state index contributed by atoms with van der Waals surface area (Å²) in [6.07, 6.45) is 0. The number of anilines is 1. The van der Waals surface area contributed by atoms with Crippen molar-refractivity contribution in [3.63, 3.8) is 0 Å². The van der Waals surface area contributed by atoms with Gasteiger partial charge in [-0.1, -0.05) is 19.9 Å². The first-order valence-corrected chi connectivity index (χ1v) is 4.88. The van der Waals surface area contributed by atoms with Crippen molar-refractivity contribution in [1.82, 2.24) is 0 Å². The van der Waals surface area contributed by atoms with Crippen molar-refractivity contribution < 1.29 is 10.3 Å². The van der Waals surface area contributed by atoms with E-state index in [-0.39, 0.29) is 5.41 Å². The van der Waals surface area contributed by atoms with Crippen molar-refractivity contribution >= 4 is 11.4 Å². The molecule has 0 bridgehead atoms. The van der Waals surface area contributed by atoms with Gasteiger partial charge in [-0.25, -0.2) is 4.84 Å². The predicted octanol–water partition coefficient (Wildman–Crippen LogP) is 1.15. The summed E-state index contributed by atoms with van der Waals surface area (Å²) in [7, 11) is 1.67. The number of hydrogen-bond acceptors (Lipinski definition) is 2. The lowest BCUT2D eigenvalue weighted by atomic mass is 9.87. The summed E-state index contributed by atoms with van der Waals surface area (Å²) in [6, 6.07) is 6.41. The van der Waals surface area contributed by atoms with Gasteiger partial charge in [-0.05, 0) is 5.56 Å². The fourth-order valence-corrected chi connectivity index (χ4v) is 1.92. The molecule has 0 unspecified atom stereocenters. The normalized spacial score (nSPS) is 17.6. The van der Waals surface area contributed by atoms with Gasteiger partial charge in [0.1, 0.15) is 0 Å². The Hall–Kier alpha value is -1.06. The molecule has 1 aliphatic rings. The van der Waals surface area contributed by atoms with Crippen molar-refractivity contribution in [2.45, 2.75) is 19.3 Å². The highest BCUT2D eigenvalue weighted by Gasteiger charge is 2.29. The van der Waals surface area contributed by atoms with Crippen LogP contribution in [-0.2, 0) is 10.3 Å². The first-order valence-electron chi connectivity index (χ1n) is 4.88. The molecule has 1 aromatic carbocycles. The van der Waals surface area contributed by atoms with Crippen LogP contribution < -0.4 is 10.8 Å². The number of nitrogens with two attached hydrogens (primary N) is 1. The second kappa shape index (κ2) is 3.26. The third-order valence-corrected chi connectivity index (χ3v) is 2.75. The van der Waals surface area contributed by atoms with Gasteiger partial charge in [-0.3, -0.25) is 0 Å². The molecule has 0 aliphatic carbocycles. The van der Waals surface area contributed by atoms with Gasteiger partial charge in [0.25, 0.3) is 0 Å². The van der Waals surface area contributed by atoms with E-state index < -0.39 is 0 Å². The summed E-state index contributed by atoms with van der Waals surface area (Å²) in [5.41, 5.74) is 5.75. The molecule has 0 spiro atoms. The first kappa shape index (κ1) is 9.49. The van der Waals surface area contributed by atoms with Crippen LogP contribution in [0.4, 0.5) is 11.4 Å². The van der Waals surface area contributed by atoms with Gasteiger partial charge >= 0.3 is 0 Å². The Kier molecular flexibility index (Phi) is 2.21. The molecular weight excluding hydrogens is 176 g/mol. The van der Waals surface area contributed by atoms with Crippen molar-refractivity contribution in [2.24, 2.45) is 0 Å². The van der Waals surface area contributed by atoms with Crippen LogP contribution >= 0.6 is 0 Å². The SMILES string of the molecule is CO[NH2+]c1ccc2c(c1)NCC2(C)C. The molecule has 0 fully saturated rings. The highest BCUT2D eigenvalue weighted by Crippen LogP contribution is 2.36. The molecule has 0 saturated carbocycles. The Labute approximate surface area is 84.4 Å². The quantitative estimate of drug-likeness (QED) is 0.546. The van der Waals surface area contributed by atoms with Crippen LogP contribution in [0.5, 0.6) is 0 Å². The number of rotatable bonds is 2. The van der Waals surface area contributed by atoms with E-state index in [0.717, 1.165) is 12.2 Å². The van der Waals surface area contributed by atoms with Crippen molar-refractivity contribution in [3.8, 4) is 0 Å². The van der Waals surface area contributed by atoms with Gasteiger partial charge in [0.05, 0.1) is 7.11 Å². The average Bonchev–Trinajstić information content (AvgIpc) is 2.43. The largest absolute Gasteiger partial charge is 0.384 e. The second-order valence-corrected chi connectivity index (χ2v) is 4.40. The lowest BCUT2D eigenvalue weighted by Gasteiger charge is -2.16. The third kappa shape index (κ3) is 1.49. The summed E-state index contributed by atoms with van der Waals surface area (Å²) in [6.45, 7) is 5.52. The minimum absolute atomic E-state index is 0.251. The van der Waals surface area contributed by atoms with E-state index in [1.165, 1.54) is 11.3 Å². The topological polar surface area (TPSA) is 37.9 Å². The van der Waals surface area contributed by atoms with Crippen LogP contribution in [-0.4, -0.2) is 13.7 Å². The second-order valence-electron chi connectivity index (χ2n) is 4.40. The summed E-state index contributed by atoms with van der Waals surface area (Å²) in [5.74, 6) is 0. The van der Waals surface area contributed by atoms with Crippen molar-refractivity contribution in [3.05, 3.63) is 23.8 Å². The first-order chi connectivity index (χ1) is 6.63. The molecule has 0 aromatic heterocycles. The molecule has 3 heteroatoms. The standard InChI is InChI=1S/C11H16N2O/c1-11(2)7-12-10-6-8(13-14-3)4-5-9(10)11/h4-6,12-13H,7H2,1-3H3/p+1.